The smallest absolute Gasteiger partial charge is 0.0101 e. The van der Waals surface area contributed by atoms with Gasteiger partial charge in [0.2, 0.25) is 0 Å². The van der Waals surface area contributed by atoms with Crippen molar-refractivity contribution in [3.05, 3.63) is 0 Å². The molecule has 3 fully saturated rings. The SMILES string of the molecule is CC1CC(C)(C)CCC1NC1CC2CCC1C2. The third-order valence-corrected chi connectivity index (χ3v) is 5.86. The van der Waals surface area contributed by atoms with E-state index in [1.54, 1.807) is 0 Å². The van der Waals surface area contributed by atoms with Gasteiger partial charge in [0.05, 0.1) is 0 Å². The first-order valence-corrected chi connectivity index (χ1v) is 7.79. The molecule has 3 saturated carbocycles. The van der Waals surface area contributed by atoms with Crippen LogP contribution in [0.3, 0.4) is 0 Å². The lowest BCUT2D eigenvalue weighted by atomic mass is 9.70. The number of fused-ring (bicyclic) bond motifs is 2. The highest BCUT2D eigenvalue weighted by atomic mass is 15.0. The molecule has 0 saturated heterocycles. The van der Waals surface area contributed by atoms with E-state index in [4.69, 9.17) is 0 Å². The molecule has 0 aromatic carbocycles. The minimum Gasteiger partial charge on any atom is -0.311 e. The van der Waals surface area contributed by atoms with Crippen molar-refractivity contribution in [2.75, 3.05) is 0 Å². The highest BCUT2D eigenvalue weighted by molar-refractivity contribution is 4.97. The lowest BCUT2D eigenvalue weighted by Crippen LogP contribution is -2.48. The first-order chi connectivity index (χ1) is 8.03. The van der Waals surface area contributed by atoms with Gasteiger partial charge in [0.25, 0.3) is 0 Å². The van der Waals surface area contributed by atoms with E-state index in [2.05, 4.69) is 26.1 Å². The number of hydrogen-bond donors (Lipinski definition) is 1. The van der Waals surface area contributed by atoms with E-state index in [0.717, 1.165) is 29.8 Å². The van der Waals surface area contributed by atoms with Crippen LogP contribution >= 0.6 is 0 Å². The van der Waals surface area contributed by atoms with E-state index in [1.165, 1.54) is 44.9 Å². The average molecular weight is 235 g/mol. The fraction of sp³-hybridized carbons (Fsp3) is 1.00. The number of rotatable bonds is 2. The van der Waals surface area contributed by atoms with Gasteiger partial charge in [-0.3, -0.25) is 0 Å². The van der Waals surface area contributed by atoms with Gasteiger partial charge in [0.15, 0.2) is 0 Å². The summed E-state index contributed by atoms with van der Waals surface area (Å²) >= 11 is 0. The summed E-state index contributed by atoms with van der Waals surface area (Å²) in [5.41, 5.74) is 0.590. The number of nitrogens with one attached hydrogen (secondary N) is 1. The van der Waals surface area contributed by atoms with Gasteiger partial charge in [0.1, 0.15) is 0 Å². The second kappa shape index (κ2) is 4.26. The molecule has 0 heterocycles. The van der Waals surface area contributed by atoms with E-state index in [1.807, 2.05) is 0 Å². The Balaban J connectivity index is 1.56. The molecule has 0 radical (unpaired) electrons. The zero-order valence-corrected chi connectivity index (χ0v) is 11.8. The first kappa shape index (κ1) is 12.0. The van der Waals surface area contributed by atoms with Gasteiger partial charge in [-0.15, -0.1) is 0 Å². The Kier molecular flexibility index (Phi) is 3.01. The van der Waals surface area contributed by atoms with Crippen LogP contribution in [0.1, 0.15) is 65.7 Å². The summed E-state index contributed by atoms with van der Waals surface area (Å²) < 4.78 is 0. The normalized spacial score (nSPS) is 48.5. The van der Waals surface area contributed by atoms with Crippen LogP contribution in [0.5, 0.6) is 0 Å². The van der Waals surface area contributed by atoms with Crippen molar-refractivity contribution in [3.63, 3.8) is 0 Å². The minimum atomic E-state index is 0.590. The molecule has 0 aromatic rings. The Morgan fingerprint density at radius 1 is 1.00 bits per heavy atom. The van der Waals surface area contributed by atoms with E-state index in [0.29, 0.717) is 5.41 Å². The molecule has 0 aromatic heterocycles. The van der Waals surface area contributed by atoms with Gasteiger partial charge in [-0.1, -0.05) is 27.2 Å². The Bertz CT molecular complexity index is 283. The Morgan fingerprint density at radius 3 is 2.41 bits per heavy atom. The molecular formula is C16H29N. The van der Waals surface area contributed by atoms with E-state index in [-0.39, 0.29) is 0 Å². The summed E-state index contributed by atoms with van der Waals surface area (Å²) in [7, 11) is 0. The third-order valence-electron chi connectivity index (χ3n) is 5.86. The maximum absolute atomic E-state index is 4.04. The summed E-state index contributed by atoms with van der Waals surface area (Å²) in [5, 5.41) is 4.04. The van der Waals surface area contributed by atoms with Crippen LogP contribution in [-0.4, -0.2) is 12.1 Å². The lowest BCUT2D eigenvalue weighted by molar-refractivity contribution is 0.133. The van der Waals surface area contributed by atoms with Crippen molar-refractivity contribution in [3.8, 4) is 0 Å². The summed E-state index contributed by atoms with van der Waals surface area (Å²) in [5.74, 6) is 2.98. The molecule has 0 amide bonds. The molecule has 2 bridgehead atoms. The molecule has 0 aliphatic heterocycles. The predicted octanol–water partition coefficient (Wildman–Crippen LogP) is 3.98. The zero-order valence-electron chi connectivity index (χ0n) is 11.8. The first-order valence-electron chi connectivity index (χ1n) is 7.79. The van der Waals surface area contributed by atoms with Gasteiger partial charge >= 0.3 is 0 Å². The van der Waals surface area contributed by atoms with Gasteiger partial charge in [-0.25, -0.2) is 0 Å². The molecule has 3 aliphatic rings. The minimum absolute atomic E-state index is 0.590. The van der Waals surface area contributed by atoms with Crippen LogP contribution in [0.4, 0.5) is 0 Å². The second-order valence-corrected chi connectivity index (χ2v) is 7.94. The summed E-state index contributed by atoms with van der Waals surface area (Å²) in [4.78, 5) is 0. The van der Waals surface area contributed by atoms with Crippen LogP contribution in [0.2, 0.25) is 0 Å². The molecule has 1 nitrogen and oxygen atoms in total. The van der Waals surface area contributed by atoms with Crippen molar-refractivity contribution in [1.82, 2.24) is 5.32 Å². The average Bonchev–Trinajstić information content (AvgIpc) is 2.83. The predicted molar refractivity (Wildman–Crippen MR) is 73.0 cm³/mol. The Hall–Kier alpha value is -0.0400. The Morgan fingerprint density at radius 2 is 1.82 bits per heavy atom. The highest BCUT2D eigenvalue weighted by Crippen LogP contribution is 2.46. The van der Waals surface area contributed by atoms with Gasteiger partial charge in [0, 0.05) is 12.1 Å². The molecule has 1 N–H and O–H groups in total. The molecule has 5 unspecified atom stereocenters. The van der Waals surface area contributed by atoms with Crippen molar-refractivity contribution >= 4 is 0 Å². The molecule has 0 spiro atoms. The van der Waals surface area contributed by atoms with Gasteiger partial charge in [-0.2, -0.15) is 0 Å². The van der Waals surface area contributed by atoms with Gasteiger partial charge < -0.3 is 5.32 Å². The maximum Gasteiger partial charge on any atom is 0.0101 e. The molecule has 5 atom stereocenters. The fourth-order valence-electron chi connectivity index (χ4n) is 4.92. The van der Waals surface area contributed by atoms with Crippen LogP contribution < -0.4 is 5.32 Å². The largest absolute Gasteiger partial charge is 0.311 e. The van der Waals surface area contributed by atoms with Crippen LogP contribution in [0.25, 0.3) is 0 Å². The number of hydrogen-bond acceptors (Lipinski definition) is 1. The van der Waals surface area contributed by atoms with E-state index < -0.39 is 0 Å². The summed E-state index contributed by atoms with van der Waals surface area (Å²) in [6.45, 7) is 7.35. The monoisotopic (exact) mass is 235 g/mol. The maximum atomic E-state index is 4.04. The van der Waals surface area contributed by atoms with Gasteiger partial charge in [-0.05, 0) is 61.7 Å². The van der Waals surface area contributed by atoms with Crippen molar-refractivity contribution in [2.24, 2.45) is 23.2 Å². The van der Waals surface area contributed by atoms with Crippen LogP contribution in [0.15, 0.2) is 0 Å². The van der Waals surface area contributed by atoms with Crippen molar-refractivity contribution in [2.45, 2.75) is 77.8 Å². The fourth-order valence-corrected chi connectivity index (χ4v) is 4.92. The van der Waals surface area contributed by atoms with Crippen molar-refractivity contribution in [1.29, 1.82) is 0 Å². The molecular weight excluding hydrogens is 206 g/mol. The topological polar surface area (TPSA) is 12.0 Å². The van der Waals surface area contributed by atoms with Crippen LogP contribution in [-0.2, 0) is 0 Å². The summed E-state index contributed by atoms with van der Waals surface area (Å²) in [6.07, 6.45) is 10.3. The molecule has 3 rings (SSSR count). The van der Waals surface area contributed by atoms with Crippen LogP contribution in [0, 0.1) is 23.2 Å². The standard InChI is InChI=1S/C16H29N/c1-11-10-16(2,3)7-6-14(11)17-15-9-12-4-5-13(15)8-12/h11-15,17H,4-10H2,1-3H3. The Labute approximate surface area is 107 Å². The van der Waals surface area contributed by atoms with E-state index >= 15 is 0 Å². The molecule has 3 aliphatic carbocycles. The molecule has 17 heavy (non-hydrogen) atoms. The zero-order chi connectivity index (χ0) is 12.0. The quantitative estimate of drug-likeness (QED) is 0.763. The third kappa shape index (κ3) is 2.41. The molecule has 1 heteroatoms. The molecule has 98 valence electrons. The van der Waals surface area contributed by atoms with E-state index in [9.17, 15) is 0 Å². The summed E-state index contributed by atoms with van der Waals surface area (Å²) in [6, 6.07) is 1.69. The van der Waals surface area contributed by atoms with Crippen molar-refractivity contribution < 1.29 is 0 Å². The lowest BCUT2D eigenvalue weighted by Gasteiger charge is -2.41. The highest BCUT2D eigenvalue weighted by Gasteiger charge is 2.41. The second-order valence-electron chi connectivity index (χ2n) is 7.94.